The fourth-order valence-electron chi connectivity index (χ4n) is 1.66. The van der Waals surface area contributed by atoms with Gasteiger partial charge in [-0.25, -0.2) is 0 Å². The molecule has 0 aromatic heterocycles. The summed E-state index contributed by atoms with van der Waals surface area (Å²) in [6, 6.07) is 0.752. The maximum atomic E-state index is 5.76. The SMILES string of the molecule is CCO[Si](CCCOCOC(C)OC)(OCC)OCC. The molecule has 0 aliphatic heterocycles. The first-order valence-electron chi connectivity index (χ1n) is 7.28. The summed E-state index contributed by atoms with van der Waals surface area (Å²) in [6.45, 7) is 10.3. The van der Waals surface area contributed by atoms with E-state index in [-0.39, 0.29) is 13.1 Å². The minimum atomic E-state index is -2.53. The molecule has 6 nitrogen and oxygen atoms in total. The van der Waals surface area contributed by atoms with Crippen molar-refractivity contribution in [2.45, 2.75) is 46.4 Å². The molecule has 0 radical (unpaired) electrons. The van der Waals surface area contributed by atoms with Gasteiger partial charge in [-0.15, -0.1) is 0 Å². The zero-order valence-electron chi connectivity index (χ0n) is 13.5. The molecule has 1 atom stereocenters. The Morgan fingerprint density at radius 3 is 1.95 bits per heavy atom. The molecule has 20 heavy (non-hydrogen) atoms. The van der Waals surface area contributed by atoms with Gasteiger partial charge in [-0.3, -0.25) is 0 Å². The minimum Gasteiger partial charge on any atom is -0.374 e. The number of methoxy groups -OCH3 is 1. The van der Waals surface area contributed by atoms with Gasteiger partial charge in [-0.2, -0.15) is 0 Å². The van der Waals surface area contributed by atoms with Crippen LogP contribution in [0.4, 0.5) is 0 Å². The Morgan fingerprint density at radius 2 is 1.50 bits per heavy atom. The Kier molecular flexibility index (Phi) is 12.7. The fraction of sp³-hybridized carbons (Fsp3) is 1.00. The van der Waals surface area contributed by atoms with Gasteiger partial charge in [0.2, 0.25) is 0 Å². The zero-order valence-corrected chi connectivity index (χ0v) is 14.5. The van der Waals surface area contributed by atoms with Crippen LogP contribution in [0.15, 0.2) is 0 Å². The average Bonchev–Trinajstić information content (AvgIpc) is 2.43. The lowest BCUT2D eigenvalue weighted by atomic mass is 10.5. The summed E-state index contributed by atoms with van der Waals surface area (Å²) in [5.41, 5.74) is 0. The molecular weight excluding hydrogens is 280 g/mol. The first-order valence-corrected chi connectivity index (χ1v) is 9.21. The van der Waals surface area contributed by atoms with Crippen LogP contribution in [0, 0.1) is 0 Å². The van der Waals surface area contributed by atoms with E-state index in [0.29, 0.717) is 26.4 Å². The van der Waals surface area contributed by atoms with Gasteiger partial charge in [0.25, 0.3) is 0 Å². The second-order valence-corrected chi connectivity index (χ2v) is 6.81. The van der Waals surface area contributed by atoms with Crippen LogP contribution in [-0.4, -0.2) is 55.4 Å². The highest BCUT2D eigenvalue weighted by atomic mass is 28.4. The van der Waals surface area contributed by atoms with Crippen LogP contribution in [-0.2, 0) is 27.5 Å². The molecule has 0 saturated carbocycles. The van der Waals surface area contributed by atoms with Gasteiger partial charge < -0.3 is 27.5 Å². The molecule has 122 valence electrons. The summed E-state index contributed by atoms with van der Waals surface area (Å²) in [4.78, 5) is 0. The lowest BCUT2D eigenvalue weighted by Crippen LogP contribution is -2.46. The number of rotatable bonds is 14. The Morgan fingerprint density at radius 1 is 0.950 bits per heavy atom. The van der Waals surface area contributed by atoms with E-state index in [0.717, 1.165) is 12.5 Å². The van der Waals surface area contributed by atoms with Gasteiger partial charge >= 0.3 is 8.80 Å². The summed E-state index contributed by atoms with van der Waals surface area (Å²) in [5.74, 6) is 0. The molecular formula is C13H30O6Si. The Bertz CT molecular complexity index is 200. The van der Waals surface area contributed by atoms with E-state index in [1.165, 1.54) is 0 Å². The smallest absolute Gasteiger partial charge is 0.374 e. The zero-order chi connectivity index (χ0) is 15.3. The fourth-order valence-corrected chi connectivity index (χ4v) is 4.24. The summed E-state index contributed by atoms with van der Waals surface area (Å²) >= 11 is 0. The lowest BCUT2D eigenvalue weighted by Gasteiger charge is -2.28. The van der Waals surface area contributed by atoms with Crippen LogP contribution in [0.5, 0.6) is 0 Å². The number of hydrogen-bond donors (Lipinski definition) is 0. The molecule has 0 heterocycles. The van der Waals surface area contributed by atoms with Crippen molar-refractivity contribution in [1.82, 2.24) is 0 Å². The first-order chi connectivity index (χ1) is 9.64. The van der Waals surface area contributed by atoms with Crippen LogP contribution < -0.4 is 0 Å². The second kappa shape index (κ2) is 12.7. The van der Waals surface area contributed by atoms with Crippen molar-refractivity contribution in [1.29, 1.82) is 0 Å². The van der Waals surface area contributed by atoms with Crippen LogP contribution in [0.1, 0.15) is 34.1 Å². The Balaban J connectivity index is 3.94. The molecule has 0 aliphatic rings. The Labute approximate surface area is 124 Å². The molecule has 1 unspecified atom stereocenters. The predicted molar refractivity (Wildman–Crippen MR) is 78.4 cm³/mol. The lowest BCUT2D eigenvalue weighted by molar-refractivity contribution is -0.174. The van der Waals surface area contributed by atoms with Crippen molar-refractivity contribution < 1.29 is 27.5 Å². The molecule has 7 heteroatoms. The topological polar surface area (TPSA) is 55.4 Å². The van der Waals surface area contributed by atoms with Crippen LogP contribution >= 0.6 is 0 Å². The molecule has 0 fully saturated rings. The maximum Gasteiger partial charge on any atom is 0.501 e. The third-order valence-electron chi connectivity index (χ3n) is 2.58. The highest BCUT2D eigenvalue weighted by molar-refractivity contribution is 6.60. The van der Waals surface area contributed by atoms with Gasteiger partial charge in [0, 0.05) is 39.6 Å². The summed E-state index contributed by atoms with van der Waals surface area (Å²) in [6.07, 6.45) is 0.565. The van der Waals surface area contributed by atoms with Crippen LogP contribution in [0.3, 0.4) is 0 Å². The van der Waals surface area contributed by atoms with Crippen LogP contribution in [0.25, 0.3) is 0 Å². The van der Waals surface area contributed by atoms with Gasteiger partial charge in [-0.05, 0) is 34.1 Å². The van der Waals surface area contributed by atoms with Crippen molar-refractivity contribution in [3.05, 3.63) is 0 Å². The van der Waals surface area contributed by atoms with Crippen LogP contribution in [0.2, 0.25) is 6.04 Å². The molecule has 0 aromatic carbocycles. The molecule has 0 aliphatic carbocycles. The highest BCUT2D eigenvalue weighted by Gasteiger charge is 2.39. The molecule has 0 spiro atoms. The van der Waals surface area contributed by atoms with Gasteiger partial charge in [-0.1, -0.05) is 0 Å². The molecule has 0 bridgehead atoms. The molecule has 0 amide bonds. The Hall–Kier alpha value is -0.0231. The number of hydrogen-bond acceptors (Lipinski definition) is 6. The average molecular weight is 310 g/mol. The van der Waals surface area contributed by atoms with E-state index in [1.54, 1.807) is 7.11 Å². The van der Waals surface area contributed by atoms with Gasteiger partial charge in [0.05, 0.1) is 0 Å². The minimum absolute atomic E-state index is 0.224. The van der Waals surface area contributed by atoms with Crippen molar-refractivity contribution in [2.75, 3.05) is 40.3 Å². The van der Waals surface area contributed by atoms with E-state index in [1.807, 2.05) is 27.7 Å². The van der Waals surface area contributed by atoms with Gasteiger partial charge in [0.1, 0.15) is 6.79 Å². The quantitative estimate of drug-likeness (QED) is 0.279. The normalized spacial score (nSPS) is 13.7. The highest BCUT2D eigenvalue weighted by Crippen LogP contribution is 2.18. The molecule has 0 aromatic rings. The van der Waals surface area contributed by atoms with E-state index in [4.69, 9.17) is 27.5 Å². The standard InChI is InChI=1S/C13H30O6Si/c1-6-17-20(18-7-2,19-8-3)11-9-10-15-12-16-13(4)14-5/h13H,6-12H2,1-5H3. The molecule has 0 N–H and O–H groups in total. The third-order valence-corrected chi connectivity index (χ3v) is 5.73. The molecule has 0 saturated heterocycles. The van der Waals surface area contributed by atoms with Crippen molar-refractivity contribution >= 4 is 8.80 Å². The second-order valence-electron chi connectivity index (χ2n) is 4.08. The van der Waals surface area contributed by atoms with Crippen molar-refractivity contribution in [3.63, 3.8) is 0 Å². The van der Waals surface area contributed by atoms with Crippen molar-refractivity contribution in [3.8, 4) is 0 Å². The predicted octanol–water partition coefficient (Wildman–Crippen LogP) is 2.41. The van der Waals surface area contributed by atoms with Crippen molar-refractivity contribution in [2.24, 2.45) is 0 Å². The third kappa shape index (κ3) is 9.01. The monoisotopic (exact) mass is 310 g/mol. The molecule has 0 rings (SSSR count). The largest absolute Gasteiger partial charge is 0.501 e. The maximum absolute atomic E-state index is 5.76. The van der Waals surface area contributed by atoms with E-state index >= 15 is 0 Å². The number of ether oxygens (including phenoxy) is 3. The summed E-state index contributed by atoms with van der Waals surface area (Å²) in [5, 5.41) is 0. The van der Waals surface area contributed by atoms with Gasteiger partial charge in [0.15, 0.2) is 6.29 Å². The van der Waals surface area contributed by atoms with E-state index in [2.05, 4.69) is 0 Å². The summed E-state index contributed by atoms with van der Waals surface area (Å²) in [7, 11) is -0.936. The summed E-state index contributed by atoms with van der Waals surface area (Å²) < 4.78 is 32.9. The first kappa shape index (κ1) is 20.0. The van der Waals surface area contributed by atoms with E-state index in [9.17, 15) is 0 Å². The van der Waals surface area contributed by atoms with E-state index < -0.39 is 8.80 Å².